The van der Waals surface area contributed by atoms with E-state index in [9.17, 15) is 0 Å². The van der Waals surface area contributed by atoms with Crippen molar-refractivity contribution in [2.24, 2.45) is 4.99 Å². The van der Waals surface area contributed by atoms with E-state index in [1.165, 1.54) is 16.3 Å². The van der Waals surface area contributed by atoms with Crippen LogP contribution in [0.4, 0.5) is 0 Å². The summed E-state index contributed by atoms with van der Waals surface area (Å²) in [6, 6.07) is 17.1. The van der Waals surface area contributed by atoms with Gasteiger partial charge in [0.15, 0.2) is 5.96 Å². The third-order valence-electron chi connectivity index (χ3n) is 4.24. The van der Waals surface area contributed by atoms with Crippen molar-refractivity contribution >= 4 is 40.7 Å². The Morgan fingerprint density at radius 1 is 1.07 bits per heavy atom. The Labute approximate surface area is 178 Å². The lowest BCUT2D eigenvalue weighted by Gasteiger charge is -2.11. The number of nitrogens with zero attached hydrogens (tertiary/aromatic N) is 3. The van der Waals surface area contributed by atoms with Gasteiger partial charge in [-0.15, -0.1) is 24.0 Å². The van der Waals surface area contributed by atoms with Gasteiger partial charge in [0.2, 0.25) is 0 Å². The van der Waals surface area contributed by atoms with Crippen LogP contribution in [0.5, 0.6) is 0 Å². The summed E-state index contributed by atoms with van der Waals surface area (Å²) < 4.78 is 1.94. The number of fused-ring (bicyclic) bond motifs is 1. The van der Waals surface area contributed by atoms with Gasteiger partial charge in [0.05, 0.1) is 0 Å². The molecule has 0 saturated carbocycles. The van der Waals surface area contributed by atoms with E-state index < -0.39 is 0 Å². The number of aryl methyl sites for hydroxylation is 1. The zero-order valence-electron chi connectivity index (χ0n) is 15.8. The zero-order chi connectivity index (χ0) is 18.0. The van der Waals surface area contributed by atoms with E-state index in [2.05, 4.69) is 70.1 Å². The molecule has 0 aliphatic heterocycles. The first-order valence-corrected chi connectivity index (χ1v) is 9.32. The summed E-state index contributed by atoms with van der Waals surface area (Å²) in [7, 11) is 0. The Morgan fingerprint density at radius 2 is 1.93 bits per heavy atom. The highest BCUT2D eigenvalue weighted by Gasteiger charge is 2.00. The summed E-state index contributed by atoms with van der Waals surface area (Å²) in [5.41, 5.74) is 1.34. The lowest BCUT2D eigenvalue weighted by Crippen LogP contribution is -2.38. The molecule has 0 aliphatic carbocycles. The van der Waals surface area contributed by atoms with Crippen LogP contribution in [-0.4, -0.2) is 35.4 Å². The zero-order valence-corrected chi connectivity index (χ0v) is 18.1. The lowest BCUT2D eigenvalue weighted by molar-refractivity contribution is 0.584. The molecule has 0 radical (unpaired) electrons. The molecular formula is C21H28IN5. The second-order valence-electron chi connectivity index (χ2n) is 6.24. The molecule has 1 heterocycles. The highest BCUT2D eigenvalue weighted by molar-refractivity contribution is 14.0. The number of aliphatic imine (C=N–C) groups is 1. The Morgan fingerprint density at radius 3 is 2.70 bits per heavy atom. The van der Waals surface area contributed by atoms with Crippen molar-refractivity contribution < 1.29 is 0 Å². The summed E-state index contributed by atoms with van der Waals surface area (Å²) in [5.74, 6) is 0.883. The van der Waals surface area contributed by atoms with Crippen LogP contribution in [0, 0.1) is 0 Å². The minimum Gasteiger partial charge on any atom is -0.357 e. The van der Waals surface area contributed by atoms with E-state index in [0.717, 1.165) is 45.0 Å². The number of halogens is 1. The molecule has 1 aromatic heterocycles. The first-order chi connectivity index (χ1) is 12.8. The topological polar surface area (TPSA) is 54.2 Å². The van der Waals surface area contributed by atoms with Crippen molar-refractivity contribution in [3.63, 3.8) is 0 Å². The van der Waals surface area contributed by atoms with Gasteiger partial charge in [0.1, 0.15) is 0 Å². The summed E-state index contributed by atoms with van der Waals surface area (Å²) in [6.45, 7) is 5.49. The Balaban J connectivity index is 0.00000261. The largest absolute Gasteiger partial charge is 0.357 e. The van der Waals surface area contributed by atoms with Crippen LogP contribution in [0.1, 0.15) is 18.9 Å². The molecule has 2 aromatic carbocycles. The molecule has 0 atom stereocenters. The van der Waals surface area contributed by atoms with Gasteiger partial charge in [-0.05, 0) is 42.2 Å². The summed E-state index contributed by atoms with van der Waals surface area (Å²) >= 11 is 0. The number of hydrogen-bond donors (Lipinski definition) is 2. The molecule has 144 valence electrons. The quantitative estimate of drug-likeness (QED) is 0.224. The molecule has 27 heavy (non-hydrogen) atoms. The fourth-order valence-electron chi connectivity index (χ4n) is 2.92. The van der Waals surface area contributed by atoms with Crippen molar-refractivity contribution in [1.82, 2.24) is 20.4 Å². The minimum atomic E-state index is 0. The molecule has 3 aromatic rings. The van der Waals surface area contributed by atoms with Crippen LogP contribution in [0.2, 0.25) is 0 Å². The van der Waals surface area contributed by atoms with Gasteiger partial charge >= 0.3 is 0 Å². The second-order valence-corrected chi connectivity index (χ2v) is 6.24. The standard InChI is InChI=1S/C21H27N5.HI/c1-2-22-21(23-12-5-15-26-16-6-13-25-26)24-14-11-18-9-10-19-7-3-4-8-20(19)17-18;/h3-4,6-10,13,16-17H,2,5,11-12,14-15H2,1H3,(H2,22,23,24);1H. The molecule has 0 unspecified atom stereocenters. The van der Waals surface area contributed by atoms with Crippen molar-refractivity contribution in [2.45, 2.75) is 26.3 Å². The fourth-order valence-corrected chi connectivity index (χ4v) is 2.92. The first kappa shape index (κ1) is 21.2. The smallest absolute Gasteiger partial charge is 0.191 e. The Hall–Kier alpha value is -2.09. The predicted molar refractivity (Wildman–Crippen MR) is 124 cm³/mol. The van der Waals surface area contributed by atoms with Crippen molar-refractivity contribution in [1.29, 1.82) is 0 Å². The molecule has 0 fully saturated rings. The molecule has 6 heteroatoms. The Bertz CT molecular complexity index is 829. The van der Waals surface area contributed by atoms with E-state index in [4.69, 9.17) is 0 Å². The minimum absolute atomic E-state index is 0. The third-order valence-corrected chi connectivity index (χ3v) is 4.24. The molecule has 0 spiro atoms. The molecular weight excluding hydrogens is 449 g/mol. The fraction of sp³-hybridized carbons (Fsp3) is 0.333. The normalized spacial score (nSPS) is 11.2. The van der Waals surface area contributed by atoms with Crippen LogP contribution >= 0.6 is 24.0 Å². The summed E-state index contributed by atoms with van der Waals surface area (Å²) in [5, 5.41) is 13.5. The molecule has 0 bridgehead atoms. The van der Waals surface area contributed by atoms with E-state index in [1.807, 2.05) is 23.1 Å². The number of rotatable bonds is 8. The third kappa shape index (κ3) is 6.86. The SMILES string of the molecule is CCNC(=NCCCn1cccn1)NCCc1ccc2ccccc2c1.I. The van der Waals surface area contributed by atoms with E-state index >= 15 is 0 Å². The van der Waals surface area contributed by atoms with E-state index in [1.54, 1.807) is 0 Å². The molecule has 0 aliphatic rings. The molecule has 3 rings (SSSR count). The van der Waals surface area contributed by atoms with Crippen molar-refractivity contribution in [2.75, 3.05) is 19.6 Å². The molecule has 0 amide bonds. The summed E-state index contributed by atoms with van der Waals surface area (Å²) in [6.07, 6.45) is 5.74. The van der Waals surface area contributed by atoms with Gasteiger partial charge in [-0.3, -0.25) is 9.67 Å². The molecule has 0 saturated heterocycles. The maximum absolute atomic E-state index is 4.65. The first-order valence-electron chi connectivity index (χ1n) is 9.32. The van der Waals surface area contributed by atoms with Crippen LogP contribution in [0.25, 0.3) is 10.8 Å². The van der Waals surface area contributed by atoms with Gasteiger partial charge < -0.3 is 10.6 Å². The van der Waals surface area contributed by atoms with Gasteiger partial charge in [-0.1, -0.05) is 42.5 Å². The van der Waals surface area contributed by atoms with Gasteiger partial charge in [0, 0.05) is 38.6 Å². The number of benzene rings is 2. The number of hydrogen-bond acceptors (Lipinski definition) is 2. The monoisotopic (exact) mass is 477 g/mol. The average molecular weight is 477 g/mol. The van der Waals surface area contributed by atoms with Crippen LogP contribution in [0.3, 0.4) is 0 Å². The van der Waals surface area contributed by atoms with Crippen LogP contribution < -0.4 is 10.6 Å². The Kier molecular flexibility index (Phi) is 9.10. The van der Waals surface area contributed by atoms with Crippen molar-refractivity contribution in [3.8, 4) is 0 Å². The summed E-state index contributed by atoms with van der Waals surface area (Å²) in [4.78, 5) is 4.65. The van der Waals surface area contributed by atoms with Gasteiger partial charge in [-0.25, -0.2) is 0 Å². The van der Waals surface area contributed by atoms with E-state index in [0.29, 0.717) is 0 Å². The average Bonchev–Trinajstić information content (AvgIpc) is 3.18. The van der Waals surface area contributed by atoms with E-state index in [-0.39, 0.29) is 24.0 Å². The predicted octanol–water partition coefficient (Wildman–Crippen LogP) is 3.84. The molecule has 2 N–H and O–H groups in total. The number of guanidine groups is 1. The highest BCUT2D eigenvalue weighted by atomic mass is 127. The number of nitrogens with one attached hydrogen (secondary N) is 2. The van der Waals surface area contributed by atoms with Crippen LogP contribution in [-0.2, 0) is 13.0 Å². The maximum Gasteiger partial charge on any atom is 0.191 e. The molecule has 5 nitrogen and oxygen atoms in total. The highest BCUT2D eigenvalue weighted by Crippen LogP contribution is 2.15. The van der Waals surface area contributed by atoms with Crippen LogP contribution in [0.15, 0.2) is 65.9 Å². The lowest BCUT2D eigenvalue weighted by atomic mass is 10.1. The number of aromatic nitrogens is 2. The van der Waals surface area contributed by atoms with Gasteiger partial charge in [0.25, 0.3) is 0 Å². The second kappa shape index (κ2) is 11.6. The van der Waals surface area contributed by atoms with Crippen molar-refractivity contribution in [3.05, 3.63) is 66.5 Å². The maximum atomic E-state index is 4.65. The van der Waals surface area contributed by atoms with Gasteiger partial charge in [-0.2, -0.15) is 5.10 Å².